The van der Waals surface area contributed by atoms with E-state index < -0.39 is 0 Å². The van der Waals surface area contributed by atoms with E-state index in [4.69, 9.17) is 4.52 Å². The molecule has 7 nitrogen and oxygen atoms in total. The Hall–Kier alpha value is -2.18. The van der Waals surface area contributed by atoms with Crippen LogP contribution in [0.5, 0.6) is 0 Å². The minimum absolute atomic E-state index is 0.0402. The van der Waals surface area contributed by atoms with Crippen molar-refractivity contribution >= 4 is 5.91 Å². The number of nitrogens with one attached hydrogen (secondary N) is 1. The number of likely N-dealkylation sites (tertiary alicyclic amines) is 1. The zero-order chi connectivity index (χ0) is 15.7. The lowest BCUT2D eigenvalue weighted by Gasteiger charge is -2.30. The van der Waals surface area contributed by atoms with Crippen LogP contribution in [0, 0.1) is 6.92 Å². The number of hydrogen-bond donors (Lipinski definition) is 1. The number of carbonyl (C=O) groups is 1. The summed E-state index contributed by atoms with van der Waals surface area (Å²) in [6, 6.07) is 1.77. The lowest BCUT2D eigenvalue weighted by atomic mass is 9.97. The van der Waals surface area contributed by atoms with Crippen LogP contribution in [0.2, 0.25) is 0 Å². The van der Waals surface area contributed by atoms with Crippen LogP contribution in [0.1, 0.15) is 66.4 Å². The molecule has 1 N–H and O–H groups in total. The Morgan fingerprint density at radius 1 is 1.50 bits per heavy atom. The quantitative estimate of drug-likeness (QED) is 0.939. The summed E-state index contributed by atoms with van der Waals surface area (Å²) in [5, 5.41) is 10.9. The maximum absolute atomic E-state index is 12.5. The Bertz CT molecular complexity index is 660. The first-order valence-corrected chi connectivity index (χ1v) is 7.69. The highest BCUT2D eigenvalue weighted by Crippen LogP contribution is 2.26. The van der Waals surface area contributed by atoms with Crippen LogP contribution in [-0.4, -0.2) is 44.2 Å². The van der Waals surface area contributed by atoms with Crippen molar-refractivity contribution in [3.8, 4) is 0 Å². The molecule has 0 aromatic carbocycles. The molecule has 1 saturated heterocycles. The number of aromatic amines is 1. The van der Waals surface area contributed by atoms with Gasteiger partial charge in [-0.25, -0.2) is 0 Å². The summed E-state index contributed by atoms with van der Waals surface area (Å²) in [7, 11) is 0. The molecule has 22 heavy (non-hydrogen) atoms. The van der Waals surface area contributed by atoms with Crippen molar-refractivity contribution in [2.45, 2.75) is 45.4 Å². The maximum Gasteiger partial charge on any atom is 0.274 e. The van der Waals surface area contributed by atoms with Crippen LogP contribution in [0.15, 0.2) is 10.6 Å². The lowest BCUT2D eigenvalue weighted by molar-refractivity contribution is 0.0697. The Morgan fingerprint density at radius 3 is 2.95 bits per heavy atom. The molecule has 1 atom stereocenters. The van der Waals surface area contributed by atoms with Crippen molar-refractivity contribution in [1.82, 2.24) is 25.2 Å². The summed E-state index contributed by atoms with van der Waals surface area (Å²) in [4.78, 5) is 18.8. The number of aryl methyl sites for hydroxylation is 1. The second-order valence-corrected chi connectivity index (χ2v) is 6.17. The molecule has 7 heteroatoms. The van der Waals surface area contributed by atoms with Gasteiger partial charge in [-0.15, -0.1) is 0 Å². The molecule has 0 bridgehead atoms. The number of hydrogen-bond acceptors (Lipinski definition) is 5. The van der Waals surface area contributed by atoms with Gasteiger partial charge in [-0.3, -0.25) is 9.89 Å². The van der Waals surface area contributed by atoms with Crippen LogP contribution in [0.4, 0.5) is 0 Å². The predicted molar refractivity (Wildman–Crippen MR) is 79.6 cm³/mol. The molecular formula is C15H21N5O2. The van der Waals surface area contributed by atoms with Gasteiger partial charge >= 0.3 is 0 Å². The van der Waals surface area contributed by atoms with Crippen LogP contribution < -0.4 is 0 Å². The zero-order valence-electron chi connectivity index (χ0n) is 13.2. The minimum atomic E-state index is -0.0402. The number of carbonyl (C=O) groups excluding carboxylic acids is 1. The van der Waals surface area contributed by atoms with E-state index in [0.717, 1.165) is 25.1 Å². The van der Waals surface area contributed by atoms with E-state index in [1.807, 2.05) is 25.7 Å². The number of piperidine rings is 1. The molecule has 3 rings (SSSR count). The molecule has 0 unspecified atom stereocenters. The lowest BCUT2D eigenvalue weighted by Crippen LogP contribution is -2.39. The molecule has 1 amide bonds. The fourth-order valence-corrected chi connectivity index (χ4v) is 2.71. The third-order valence-corrected chi connectivity index (χ3v) is 3.95. The molecule has 1 aliphatic rings. The fraction of sp³-hybridized carbons (Fsp3) is 0.600. The smallest absolute Gasteiger partial charge is 0.274 e. The van der Waals surface area contributed by atoms with Crippen LogP contribution in [0.3, 0.4) is 0 Å². The number of aromatic nitrogens is 4. The first-order chi connectivity index (χ1) is 10.5. The van der Waals surface area contributed by atoms with E-state index in [1.165, 1.54) is 0 Å². The third kappa shape index (κ3) is 2.88. The molecule has 2 aromatic heterocycles. The maximum atomic E-state index is 12.5. The van der Waals surface area contributed by atoms with Crippen molar-refractivity contribution in [2.24, 2.45) is 0 Å². The Kier molecular flexibility index (Phi) is 3.96. The number of amides is 1. The Balaban J connectivity index is 1.72. The summed E-state index contributed by atoms with van der Waals surface area (Å²) in [5.74, 6) is 1.67. The van der Waals surface area contributed by atoms with E-state index >= 15 is 0 Å². The number of nitrogens with zero attached hydrogens (tertiary/aromatic N) is 4. The van der Waals surface area contributed by atoms with E-state index in [9.17, 15) is 4.79 Å². The van der Waals surface area contributed by atoms with Gasteiger partial charge in [0.15, 0.2) is 5.82 Å². The van der Waals surface area contributed by atoms with Gasteiger partial charge in [0, 0.05) is 30.6 Å². The van der Waals surface area contributed by atoms with Crippen LogP contribution in [0.25, 0.3) is 0 Å². The van der Waals surface area contributed by atoms with Gasteiger partial charge in [0.25, 0.3) is 5.91 Å². The SMILES string of the molecule is Cc1cc(C(=O)N2CCC[C@@H](c3noc(C(C)C)n3)C2)n[nH]1. The molecule has 118 valence electrons. The summed E-state index contributed by atoms with van der Waals surface area (Å²) >= 11 is 0. The molecule has 1 aliphatic heterocycles. The highest BCUT2D eigenvalue weighted by molar-refractivity contribution is 5.92. The Labute approximate surface area is 129 Å². The van der Waals surface area contributed by atoms with Crippen LogP contribution >= 0.6 is 0 Å². The molecular weight excluding hydrogens is 282 g/mol. The third-order valence-electron chi connectivity index (χ3n) is 3.95. The molecule has 1 fully saturated rings. The van der Waals surface area contributed by atoms with Gasteiger partial charge in [0.1, 0.15) is 5.69 Å². The van der Waals surface area contributed by atoms with Gasteiger partial charge in [0.2, 0.25) is 5.89 Å². The van der Waals surface area contributed by atoms with Crippen molar-refractivity contribution in [3.63, 3.8) is 0 Å². The fourth-order valence-electron chi connectivity index (χ4n) is 2.71. The van der Waals surface area contributed by atoms with Crippen molar-refractivity contribution in [1.29, 1.82) is 0 Å². The summed E-state index contributed by atoms with van der Waals surface area (Å²) in [6.45, 7) is 7.29. The number of H-pyrrole nitrogens is 1. The summed E-state index contributed by atoms with van der Waals surface area (Å²) < 4.78 is 5.28. The zero-order valence-corrected chi connectivity index (χ0v) is 13.2. The van der Waals surface area contributed by atoms with Gasteiger partial charge in [0.05, 0.1) is 0 Å². The van der Waals surface area contributed by atoms with E-state index in [1.54, 1.807) is 6.07 Å². The first-order valence-electron chi connectivity index (χ1n) is 7.69. The largest absolute Gasteiger partial charge is 0.339 e. The average molecular weight is 303 g/mol. The standard InChI is InChI=1S/C15H21N5O2/c1-9(2)14-16-13(19-22-14)11-5-4-6-20(8-11)15(21)12-7-10(3)17-18-12/h7,9,11H,4-6,8H2,1-3H3,(H,17,18)/t11-/m1/s1. The van der Waals surface area contributed by atoms with E-state index in [2.05, 4.69) is 20.3 Å². The molecule has 0 aliphatic carbocycles. The molecule has 3 heterocycles. The van der Waals surface area contributed by atoms with Gasteiger partial charge in [-0.1, -0.05) is 19.0 Å². The summed E-state index contributed by atoms with van der Waals surface area (Å²) in [5.41, 5.74) is 1.35. The highest BCUT2D eigenvalue weighted by Gasteiger charge is 2.29. The van der Waals surface area contributed by atoms with E-state index in [0.29, 0.717) is 24.0 Å². The van der Waals surface area contributed by atoms with Crippen LogP contribution in [-0.2, 0) is 0 Å². The van der Waals surface area contributed by atoms with Gasteiger partial charge in [-0.2, -0.15) is 10.1 Å². The molecule has 0 saturated carbocycles. The molecule has 0 radical (unpaired) electrons. The average Bonchev–Trinajstić information content (AvgIpc) is 3.15. The predicted octanol–water partition coefficient (Wildman–Crippen LogP) is 2.24. The normalized spacial score (nSPS) is 18.9. The van der Waals surface area contributed by atoms with Crippen molar-refractivity contribution in [2.75, 3.05) is 13.1 Å². The monoisotopic (exact) mass is 303 g/mol. The number of rotatable bonds is 3. The minimum Gasteiger partial charge on any atom is -0.339 e. The molecule has 0 spiro atoms. The Morgan fingerprint density at radius 2 is 2.32 bits per heavy atom. The van der Waals surface area contributed by atoms with Gasteiger partial charge < -0.3 is 9.42 Å². The first kappa shape index (κ1) is 14.7. The van der Waals surface area contributed by atoms with Crippen molar-refractivity contribution < 1.29 is 9.32 Å². The summed E-state index contributed by atoms with van der Waals surface area (Å²) in [6.07, 6.45) is 1.91. The highest BCUT2D eigenvalue weighted by atomic mass is 16.5. The van der Waals surface area contributed by atoms with E-state index in [-0.39, 0.29) is 17.7 Å². The second kappa shape index (κ2) is 5.90. The topological polar surface area (TPSA) is 87.9 Å². The van der Waals surface area contributed by atoms with Crippen molar-refractivity contribution in [3.05, 3.63) is 29.2 Å². The van der Waals surface area contributed by atoms with Gasteiger partial charge in [-0.05, 0) is 25.8 Å². The molecule has 2 aromatic rings. The second-order valence-electron chi connectivity index (χ2n) is 6.17.